The summed E-state index contributed by atoms with van der Waals surface area (Å²) in [5.74, 6) is -0.370. The number of hydrogen-bond donors (Lipinski definition) is 2. The summed E-state index contributed by atoms with van der Waals surface area (Å²) in [6.07, 6.45) is 5.49. The van der Waals surface area contributed by atoms with Crippen LogP contribution in [-0.2, 0) is 0 Å². The fourth-order valence-corrected chi connectivity index (χ4v) is 2.19. The molecular formula is C13H17NO3. The van der Waals surface area contributed by atoms with E-state index in [0.717, 1.165) is 25.7 Å². The predicted octanol–water partition coefficient (Wildman–Crippen LogP) is 2.20. The predicted molar refractivity (Wildman–Crippen MR) is 64.1 cm³/mol. The number of carbonyl (C=O) groups is 1. The fraction of sp³-hybridized carbons (Fsp3) is 0.462. The van der Waals surface area contributed by atoms with E-state index in [1.165, 1.54) is 12.5 Å². The Bertz CT molecular complexity index is 411. The Morgan fingerprint density at radius 1 is 1.29 bits per heavy atom. The molecule has 0 bridgehead atoms. The Hall–Kier alpha value is -1.71. The second-order valence-corrected chi connectivity index (χ2v) is 4.40. The first-order valence-electron chi connectivity index (χ1n) is 5.97. The van der Waals surface area contributed by atoms with Gasteiger partial charge in [-0.1, -0.05) is 12.5 Å². The number of nitrogens with two attached hydrogens (primary N) is 1. The lowest BCUT2D eigenvalue weighted by atomic mass is 9.97. The lowest BCUT2D eigenvalue weighted by molar-refractivity contribution is 0.0985. The Balaban J connectivity index is 2.21. The quantitative estimate of drug-likeness (QED) is 0.843. The summed E-state index contributed by atoms with van der Waals surface area (Å²) in [5.41, 5.74) is 5.50. The van der Waals surface area contributed by atoms with Gasteiger partial charge in [0, 0.05) is 0 Å². The molecule has 1 aromatic carbocycles. The molecule has 0 radical (unpaired) electrons. The SMILES string of the molecule is NC(=O)c1cccc(O)c1OC1CCCCC1. The van der Waals surface area contributed by atoms with Crippen molar-refractivity contribution in [2.75, 3.05) is 0 Å². The number of para-hydroxylation sites is 1. The Morgan fingerprint density at radius 2 is 2.00 bits per heavy atom. The summed E-state index contributed by atoms with van der Waals surface area (Å²) in [5, 5.41) is 9.74. The van der Waals surface area contributed by atoms with Crippen molar-refractivity contribution < 1.29 is 14.6 Å². The van der Waals surface area contributed by atoms with Gasteiger partial charge in [-0.05, 0) is 37.8 Å². The van der Waals surface area contributed by atoms with E-state index in [1.54, 1.807) is 12.1 Å². The molecule has 1 amide bonds. The smallest absolute Gasteiger partial charge is 0.252 e. The minimum atomic E-state index is -0.577. The second kappa shape index (κ2) is 5.08. The zero-order valence-electron chi connectivity index (χ0n) is 9.69. The molecule has 1 saturated carbocycles. The number of benzene rings is 1. The van der Waals surface area contributed by atoms with Gasteiger partial charge in [-0.3, -0.25) is 4.79 Å². The maximum atomic E-state index is 11.2. The summed E-state index contributed by atoms with van der Waals surface area (Å²) in [6, 6.07) is 4.66. The van der Waals surface area contributed by atoms with Crippen LogP contribution in [0.15, 0.2) is 18.2 Å². The molecule has 1 aliphatic carbocycles. The molecule has 1 aromatic rings. The second-order valence-electron chi connectivity index (χ2n) is 4.40. The number of carbonyl (C=O) groups excluding carboxylic acids is 1. The first-order valence-corrected chi connectivity index (χ1v) is 5.97. The van der Waals surface area contributed by atoms with Crippen LogP contribution in [-0.4, -0.2) is 17.1 Å². The average molecular weight is 235 g/mol. The van der Waals surface area contributed by atoms with E-state index in [9.17, 15) is 9.90 Å². The van der Waals surface area contributed by atoms with Crippen molar-refractivity contribution in [2.24, 2.45) is 5.73 Å². The first-order chi connectivity index (χ1) is 8.18. The van der Waals surface area contributed by atoms with Gasteiger partial charge in [0.2, 0.25) is 0 Å². The molecule has 1 fully saturated rings. The largest absolute Gasteiger partial charge is 0.504 e. The van der Waals surface area contributed by atoms with Crippen LogP contribution >= 0.6 is 0 Å². The van der Waals surface area contributed by atoms with Gasteiger partial charge in [0.25, 0.3) is 5.91 Å². The molecule has 0 spiro atoms. The number of primary amides is 1. The lowest BCUT2D eigenvalue weighted by Crippen LogP contribution is -2.22. The number of phenolic OH excluding ortho intramolecular Hbond substituents is 1. The van der Waals surface area contributed by atoms with Crippen LogP contribution in [0, 0.1) is 0 Å². The molecule has 0 aromatic heterocycles. The zero-order chi connectivity index (χ0) is 12.3. The zero-order valence-corrected chi connectivity index (χ0v) is 9.69. The van der Waals surface area contributed by atoms with Crippen LogP contribution in [0.1, 0.15) is 42.5 Å². The van der Waals surface area contributed by atoms with Gasteiger partial charge >= 0.3 is 0 Å². The molecule has 0 aliphatic heterocycles. The Labute approximate surface area is 100 Å². The Kier molecular flexibility index (Phi) is 3.52. The standard InChI is InChI=1S/C13H17NO3/c14-13(16)10-7-4-8-11(15)12(10)17-9-5-2-1-3-6-9/h4,7-9,15H,1-3,5-6H2,(H2,14,16). The summed E-state index contributed by atoms with van der Waals surface area (Å²) >= 11 is 0. The number of aromatic hydroxyl groups is 1. The fourth-order valence-electron chi connectivity index (χ4n) is 2.19. The van der Waals surface area contributed by atoms with Crippen molar-refractivity contribution >= 4 is 5.91 Å². The van der Waals surface area contributed by atoms with Gasteiger partial charge in [-0.2, -0.15) is 0 Å². The van der Waals surface area contributed by atoms with Gasteiger partial charge in [0.05, 0.1) is 11.7 Å². The van der Waals surface area contributed by atoms with Crippen LogP contribution < -0.4 is 10.5 Å². The van der Waals surface area contributed by atoms with Gasteiger partial charge in [-0.15, -0.1) is 0 Å². The first kappa shape index (κ1) is 11.8. The molecule has 0 heterocycles. The van der Waals surface area contributed by atoms with E-state index in [0.29, 0.717) is 0 Å². The number of ether oxygens (including phenoxy) is 1. The third kappa shape index (κ3) is 2.70. The van der Waals surface area contributed by atoms with Crippen LogP contribution in [0.3, 0.4) is 0 Å². The van der Waals surface area contributed by atoms with Gasteiger partial charge in [0.1, 0.15) is 0 Å². The number of amides is 1. The summed E-state index contributed by atoms with van der Waals surface area (Å²) in [7, 11) is 0. The maximum absolute atomic E-state index is 11.2. The molecule has 0 saturated heterocycles. The molecule has 4 heteroatoms. The highest BCUT2D eigenvalue weighted by Crippen LogP contribution is 2.33. The molecule has 17 heavy (non-hydrogen) atoms. The van der Waals surface area contributed by atoms with Gasteiger partial charge < -0.3 is 15.6 Å². The Morgan fingerprint density at radius 3 is 2.65 bits per heavy atom. The summed E-state index contributed by atoms with van der Waals surface area (Å²) in [6.45, 7) is 0. The van der Waals surface area contributed by atoms with Crippen molar-refractivity contribution in [1.82, 2.24) is 0 Å². The highest BCUT2D eigenvalue weighted by Gasteiger charge is 2.20. The summed E-state index contributed by atoms with van der Waals surface area (Å²) in [4.78, 5) is 11.2. The van der Waals surface area contributed by atoms with Crippen molar-refractivity contribution in [3.05, 3.63) is 23.8 Å². The highest BCUT2D eigenvalue weighted by molar-refractivity contribution is 5.96. The molecule has 92 valence electrons. The van der Waals surface area contributed by atoms with Crippen LogP contribution in [0.4, 0.5) is 0 Å². The third-order valence-corrected chi connectivity index (χ3v) is 3.10. The van der Waals surface area contributed by atoms with E-state index in [1.807, 2.05) is 0 Å². The molecule has 1 aliphatic rings. The monoisotopic (exact) mass is 235 g/mol. The highest BCUT2D eigenvalue weighted by atomic mass is 16.5. The normalized spacial score (nSPS) is 16.7. The van der Waals surface area contributed by atoms with E-state index < -0.39 is 5.91 Å². The van der Waals surface area contributed by atoms with Gasteiger partial charge in [-0.25, -0.2) is 0 Å². The number of rotatable bonds is 3. The molecule has 0 unspecified atom stereocenters. The van der Waals surface area contributed by atoms with Crippen molar-refractivity contribution in [1.29, 1.82) is 0 Å². The number of phenols is 1. The van der Waals surface area contributed by atoms with E-state index in [-0.39, 0.29) is 23.2 Å². The lowest BCUT2D eigenvalue weighted by Gasteiger charge is -2.24. The topological polar surface area (TPSA) is 72.6 Å². The van der Waals surface area contributed by atoms with Crippen LogP contribution in [0.25, 0.3) is 0 Å². The van der Waals surface area contributed by atoms with E-state index >= 15 is 0 Å². The van der Waals surface area contributed by atoms with E-state index in [4.69, 9.17) is 10.5 Å². The molecule has 3 N–H and O–H groups in total. The number of hydrogen-bond acceptors (Lipinski definition) is 3. The van der Waals surface area contributed by atoms with Crippen molar-refractivity contribution in [3.8, 4) is 11.5 Å². The molecule has 0 atom stereocenters. The molecular weight excluding hydrogens is 218 g/mol. The summed E-state index contributed by atoms with van der Waals surface area (Å²) < 4.78 is 5.73. The maximum Gasteiger partial charge on any atom is 0.252 e. The van der Waals surface area contributed by atoms with Crippen molar-refractivity contribution in [3.63, 3.8) is 0 Å². The van der Waals surface area contributed by atoms with Gasteiger partial charge in [0.15, 0.2) is 11.5 Å². The molecule has 2 rings (SSSR count). The van der Waals surface area contributed by atoms with Crippen LogP contribution in [0.2, 0.25) is 0 Å². The minimum absolute atomic E-state index is 0.0214. The van der Waals surface area contributed by atoms with E-state index in [2.05, 4.69) is 0 Å². The van der Waals surface area contributed by atoms with Crippen LogP contribution in [0.5, 0.6) is 11.5 Å². The molecule has 4 nitrogen and oxygen atoms in total. The minimum Gasteiger partial charge on any atom is -0.504 e. The third-order valence-electron chi connectivity index (χ3n) is 3.10. The average Bonchev–Trinajstić information content (AvgIpc) is 2.33. The van der Waals surface area contributed by atoms with Crippen molar-refractivity contribution in [2.45, 2.75) is 38.2 Å².